The minimum Gasteiger partial charge on any atom is -0.387 e. The van der Waals surface area contributed by atoms with Gasteiger partial charge in [-0.3, -0.25) is 0 Å². The van der Waals surface area contributed by atoms with Gasteiger partial charge in [0.25, 0.3) is 0 Å². The standard InChI is InChI=1S/C15H12Cl2OS/c16-11-6-3-5-10(14(11)17)15(18)13-8-9-4-1-2-7-12(9)19-13/h1-7,13,15,18H,8H2. The second-order valence-corrected chi connectivity index (χ2v) is 6.62. The van der Waals surface area contributed by atoms with Crippen molar-refractivity contribution in [3.8, 4) is 0 Å². The van der Waals surface area contributed by atoms with Crippen molar-refractivity contribution in [2.24, 2.45) is 0 Å². The molecule has 1 heterocycles. The third-order valence-electron chi connectivity index (χ3n) is 3.32. The van der Waals surface area contributed by atoms with E-state index in [0.717, 1.165) is 6.42 Å². The van der Waals surface area contributed by atoms with Gasteiger partial charge in [0.05, 0.1) is 16.1 Å². The Balaban J connectivity index is 1.87. The molecule has 2 aromatic rings. The zero-order valence-electron chi connectivity index (χ0n) is 10.0. The fourth-order valence-electron chi connectivity index (χ4n) is 2.33. The van der Waals surface area contributed by atoms with Crippen LogP contribution in [-0.4, -0.2) is 10.4 Å². The van der Waals surface area contributed by atoms with E-state index in [-0.39, 0.29) is 5.25 Å². The molecule has 0 saturated heterocycles. The summed E-state index contributed by atoms with van der Waals surface area (Å²) in [6, 6.07) is 13.6. The van der Waals surface area contributed by atoms with Gasteiger partial charge in [-0.1, -0.05) is 53.5 Å². The van der Waals surface area contributed by atoms with E-state index >= 15 is 0 Å². The summed E-state index contributed by atoms with van der Waals surface area (Å²) in [6.45, 7) is 0. The average Bonchev–Trinajstić information content (AvgIpc) is 2.85. The first-order valence-corrected chi connectivity index (χ1v) is 7.67. The van der Waals surface area contributed by atoms with Crippen LogP contribution in [0.4, 0.5) is 0 Å². The van der Waals surface area contributed by atoms with Gasteiger partial charge in [0, 0.05) is 15.7 Å². The molecule has 2 aromatic carbocycles. The van der Waals surface area contributed by atoms with Crippen molar-refractivity contribution in [3.05, 3.63) is 63.6 Å². The highest BCUT2D eigenvalue weighted by Crippen LogP contribution is 2.44. The van der Waals surface area contributed by atoms with Crippen LogP contribution in [0, 0.1) is 0 Å². The third kappa shape index (κ3) is 2.50. The first-order chi connectivity index (χ1) is 9.16. The van der Waals surface area contributed by atoms with Gasteiger partial charge in [0.1, 0.15) is 0 Å². The summed E-state index contributed by atoms with van der Waals surface area (Å²) in [4.78, 5) is 1.24. The molecule has 2 atom stereocenters. The minimum absolute atomic E-state index is 0.0911. The largest absolute Gasteiger partial charge is 0.387 e. The van der Waals surface area contributed by atoms with Gasteiger partial charge < -0.3 is 5.11 Å². The van der Waals surface area contributed by atoms with E-state index in [1.807, 2.05) is 24.3 Å². The molecule has 4 heteroatoms. The van der Waals surface area contributed by atoms with Crippen molar-refractivity contribution in [1.29, 1.82) is 0 Å². The lowest BCUT2D eigenvalue weighted by Crippen LogP contribution is -2.14. The summed E-state index contributed by atoms with van der Waals surface area (Å²) < 4.78 is 0. The molecule has 2 unspecified atom stereocenters. The van der Waals surface area contributed by atoms with Crippen molar-refractivity contribution in [2.75, 3.05) is 0 Å². The molecule has 0 aliphatic carbocycles. The maximum atomic E-state index is 10.5. The summed E-state index contributed by atoms with van der Waals surface area (Å²) in [5, 5.41) is 11.6. The van der Waals surface area contributed by atoms with E-state index in [4.69, 9.17) is 23.2 Å². The van der Waals surface area contributed by atoms with E-state index in [0.29, 0.717) is 15.6 Å². The predicted molar refractivity (Wildman–Crippen MR) is 81.2 cm³/mol. The normalized spacial score (nSPS) is 19.2. The minimum atomic E-state index is -0.608. The molecule has 0 bridgehead atoms. The molecule has 0 fully saturated rings. The molecular formula is C15H12Cl2OS. The number of hydrogen-bond acceptors (Lipinski definition) is 2. The van der Waals surface area contributed by atoms with E-state index in [1.165, 1.54) is 10.5 Å². The molecule has 19 heavy (non-hydrogen) atoms. The van der Waals surface area contributed by atoms with Gasteiger partial charge in [-0.2, -0.15) is 0 Å². The highest BCUT2D eigenvalue weighted by atomic mass is 35.5. The van der Waals surface area contributed by atoms with Crippen LogP contribution in [0.5, 0.6) is 0 Å². The molecule has 0 amide bonds. The van der Waals surface area contributed by atoms with Gasteiger partial charge in [0.2, 0.25) is 0 Å². The summed E-state index contributed by atoms with van der Waals surface area (Å²) in [5.74, 6) is 0. The second-order valence-electron chi connectivity index (χ2n) is 4.56. The van der Waals surface area contributed by atoms with Crippen LogP contribution in [0.1, 0.15) is 17.2 Å². The number of rotatable bonds is 2. The molecular weight excluding hydrogens is 299 g/mol. The molecule has 3 rings (SSSR count). The molecule has 1 aliphatic heterocycles. The van der Waals surface area contributed by atoms with Gasteiger partial charge in [-0.15, -0.1) is 11.8 Å². The number of hydrogen-bond donors (Lipinski definition) is 1. The monoisotopic (exact) mass is 310 g/mol. The lowest BCUT2D eigenvalue weighted by Gasteiger charge is -2.19. The Bertz CT molecular complexity index is 590. The smallest absolute Gasteiger partial charge is 0.0930 e. The van der Waals surface area contributed by atoms with Gasteiger partial charge in [0.15, 0.2) is 0 Å². The van der Waals surface area contributed by atoms with Gasteiger partial charge >= 0.3 is 0 Å². The fraction of sp³-hybridized carbons (Fsp3) is 0.200. The van der Waals surface area contributed by atoms with Crippen LogP contribution in [-0.2, 0) is 6.42 Å². The van der Waals surface area contributed by atoms with E-state index < -0.39 is 6.10 Å². The summed E-state index contributed by atoms with van der Waals surface area (Å²) in [5.41, 5.74) is 1.99. The molecule has 0 aromatic heterocycles. The van der Waals surface area contributed by atoms with Crippen LogP contribution in [0.25, 0.3) is 0 Å². The number of aliphatic hydroxyl groups excluding tert-OH is 1. The Hall–Kier alpha value is -0.670. The summed E-state index contributed by atoms with van der Waals surface area (Å²) in [6.07, 6.45) is 0.244. The maximum Gasteiger partial charge on any atom is 0.0930 e. The van der Waals surface area contributed by atoms with E-state index in [9.17, 15) is 5.11 Å². The van der Waals surface area contributed by atoms with Crippen LogP contribution < -0.4 is 0 Å². The molecule has 0 spiro atoms. The zero-order valence-corrected chi connectivity index (χ0v) is 12.3. The van der Waals surface area contributed by atoms with Gasteiger partial charge in [-0.05, 0) is 24.1 Å². The number of aliphatic hydroxyl groups is 1. The van der Waals surface area contributed by atoms with E-state index in [2.05, 4.69) is 12.1 Å². The summed E-state index contributed by atoms with van der Waals surface area (Å²) >= 11 is 13.9. The van der Waals surface area contributed by atoms with Crippen LogP contribution in [0.3, 0.4) is 0 Å². The molecule has 1 aliphatic rings. The molecule has 1 nitrogen and oxygen atoms in total. The van der Waals surface area contributed by atoms with Crippen molar-refractivity contribution in [1.82, 2.24) is 0 Å². The topological polar surface area (TPSA) is 20.2 Å². The lowest BCUT2D eigenvalue weighted by molar-refractivity contribution is 0.175. The molecule has 0 radical (unpaired) electrons. The van der Waals surface area contributed by atoms with Crippen molar-refractivity contribution < 1.29 is 5.11 Å². The Morgan fingerprint density at radius 2 is 1.89 bits per heavy atom. The van der Waals surface area contributed by atoms with Gasteiger partial charge in [-0.25, -0.2) is 0 Å². The Morgan fingerprint density at radius 1 is 1.11 bits per heavy atom. The molecule has 1 N–H and O–H groups in total. The fourth-order valence-corrected chi connectivity index (χ4v) is 4.08. The average molecular weight is 311 g/mol. The number of benzene rings is 2. The van der Waals surface area contributed by atoms with Crippen molar-refractivity contribution in [2.45, 2.75) is 22.7 Å². The second kappa shape index (κ2) is 5.37. The Labute approximate surface area is 126 Å². The number of fused-ring (bicyclic) bond motifs is 1. The Morgan fingerprint density at radius 3 is 2.68 bits per heavy atom. The van der Waals surface area contributed by atoms with Crippen LogP contribution >= 0.6 is 35.0 Å². The zero-order chi connectivity index (χ0) is 13.4. The van der Waals surface area contributed by atoms with Crippen molar-refractivity contribution in [3.63, 3.8) is 0 Å². The number of thioether (sulfide) groups is 1. The molecule has 98 valence electrons. The first-order valence-electron chi connectivity index (χ1n) is 6.03. The van der Waals surface area contributed by atoms with E-state index in [1.54, 1.807) is 17.8 Å². The first kappa shape index (κ1) is 13.3. The van der Waals surface area contributed by atoms with Crippen LogP contribution in [0.2, 0.25) is 10.0 Å². The Kier molecular flexibility index (Phi) is 3.77. The van der Waals surface area contributed by atoms with Crippen LogP contribution in [0.15, 0.2) is 47.4 Å². The van der Waals surface area contributed by atoms with Crippen molar-refractivity contribution >= 4 is 35.0 Å². The number of halogens is 2. The summed E-state index contributed by atoms with van der Waals surface area (Å²) in [7, 11) is 0. The quantitative estimate of drug-likeness (QED) is 0.864. The molecule has 0 saturated carbocycles. The third-order valence-corrected chi connectivity index (χ3v) is 5.54. The maximum absolute atomic E-state index is 10.5. The highest BCUT2D eigenvalue weighted by Gasteiger charge is 2.30. The SMILES string of the molecule is OC(c1cccc(Cl)c1Cl)C1Cc2ccccc2S1. The lowest BCUT2D eigenvalue weighted by atomic mass is 10.0. The predicted octanol–water partition coefficient (Wildman–Crippen LogP) is 4.74. The highest BCUT2D eigenvalue weighted by molar-refractivity contribution is 8.00.